The summed E-state index contributed by atoms with van der Waals surface area (Å²) in [5.74, 6) is 4.51. The fraction of sp³-hybridized carbons (Fsp3) is 0.217. The summed E-state index contributed by atoms with van der Waals surface area (Å²) in [5.41, 5.74) is 14.9. The minimum absolute atomic E-state index is 0.210. The Morgan fingerprint density at radius 1 is 0.556 bits per heavy atom. The summed E-state index contributed by atoms with van der Waals surface area (Å²) in [5, 5.41) is 10.6. The van der Waals surface area contributed by atoms with Gasteiger partial charge in [-0.2, -0.15) is 0 Å². The summed E-state index contributed by atoms with van der Waals surface area (Å²) in [6, 6.07) is 51.0. The first-order valence-electron chi connectivity index (χ1n) is 26.7. The second-order valence-corrected chi connectivity index (χ2v) is 21.9. The number of fused-ring (bicyclic) bond motifs is 15. The lowest BCUT2D eigenvalue weighted by Crippen LogP contribution is -2.30. The second-order valence-electron chi connectivity index (χ2n) is 21.9. The molecule has 0 saturated heterocycles. The molecular weight excluding hydrogens is 873 g/mol. The van der Waals surface area contributed by atoms with Gasteiger partial charge in [0.15, 0.2) is 0 Å². The highest BCUT2D eigenvalue weighted by Gasteiger charge is 2.40. The maximum Gasteiger partial charge on any atom is 0.120 e. The van der Waals surface area contributed by atoms with Gasteiger partial charge in [-0.1, -0.05) is 185 Å². The van der Waals surface area contributed by atoms with Crippen molar-refractivity contribution in [3.63, 3.8) is 0 Å². The van der Waals surface area contributed by atoms with Gasteiger partial charge in [-0.15, -0.1) is 0 Å². The summed E-state index contributed by atoms with van der Waals surface area (Å²) in [4.78, 5) is 2.61. The van der Waals surface area contributed by atoms with Crippen LogP contribution in [-0.4, -0.2) is 10.6 Å². The minimum atomic E-state index is 0.210. The quantitative estimate of drug-likeness (QED) is 0.160. The Morgan fingerprint density at radius 2 is 1.26 bits per heavy atom. The Labute approximate surface area is 422 Å². The first-order chi connectivity index (χ1) is 35.4. The van der Waals surface area contributed by atoms with Crippen LogP contribution in [0.1, 0.15) is 91.7 Å². The van der Waals surface area contributed by atoms with Crippen molar-refractivity contribution in [1.29, 1.82) is 0 Å². The molecule has 350 valence electrons. The first kappa shape index (κ1) is 42.1. The van der Waals surface area contributed by atoms with E-state index in [1.54, 1.807) is 0 Å². The van der Waals surface area contributed by atoms with Crippen LogP contribution in [0.3, 0.4) is 0 Å². The van der Waals surface area contributed by atoms with Crippen LogP contribution >= 0.6 is 0 Å². The number of benzene rings is 7. The third kappa shape index (κ3) is 6.28. The molecule has 0 fully saturated rings. The molecule has 6 aliphatic rings. The lowest BCUT2D eigenvalue weighted by Gasteiger charge is -2.34. The van der Waals surface area contributed by atoms with Gasteiger partial charge in [-0.05, 0) is 139 Å². The molecule has 1 aliphatic heterocycles. The van der Waals surface area contributed by atoms with E-state index in [0.717, 1.165) is 37.2 Å². The highest BCUT2D eigenvalue weighted by molar-refractivity contribution is 6.25. The van der Waals surface area contributed by atoms with Crippen LogP contribution in [-0.2, 0) is 6.42 Å². The van der Waals surface area contributed by atoms with E-state index >= 15 is 0 Å². The fourth-order valence-corrected chi connectivity index (χ4v) is 14.4. The van der Waals surface area contributed by atoms with E-state index in [-0.39, 0.29) is 18.0 Å². The highest BCUT2D eigenvalue weighted by atomic mass is 16.3. The molecule has 2 aromatic heterocycles. The zero-order valence-corrected chi connectivity index (χ0v) is 41.3. The van der Waals surface area contributed by atoms with Crippen LogP contribution in [0.2, 0.25) is 0 Å². The normalized spacial score (nSPS) is 25.2. The van der Waals surface area contributed by atoms with E-state index in [2.05, 4.69) is 231 Å². The maximum absolute atomic E-state index is 6.70. The lowest BCUT2D eigenvalue weighted by atomic mass is 9.72. The van der Waals surface area contributed by atoms with E-state index < -0.39 is 0 Å². The molecule has 72 heavy (non-hydrogen) atoms. The molecule has 7 aromatic carbocycles. The van der Waals surface area contributed by atoms with Gasteiger partial charge in [0.05, 0.1) is 12.1 Å². The van der Waals surface area contributed by atoms with Crippen LogP contribution in [0.25, 0.3) is 71.8 Å². The second kappa shape index (κ2) is 16.2. The van der Waals surface area contributed by atoms with Crippen molar-refractivity contribution < 1.29 is 4.42 Å². The Kier molecular flexibility index (Phi) is 9.47. The molecule has 0 N–H and O–H groups in total. The molecule has 0 amide bonds. The fourth-order valence-electron chi connectivity index (χ4n) is 14.4. The third-order valence-corrected chi connectivity index (χ3v) is 17.9. The third-order valence-electron chi connectivity index (χ3n) is 17.9. The molecule has 0 radical (unpaired) electrons. The number of aromatic nitrogens is 1. The minimum Gasteiger partial charge on any atom is -0.464 e. The number of hydrogen-bond donors (Lipinski definition) is 0. The van der Waals surface area contributed by atoms with Crippen molar-refractivity contribution in [1.82, 2.24) is 4.57 Å². The Morgan fingerprint density at radius 3 is 2.07 bits per heavy atom. The topological polar surface area (TPSA) is 21.3 Å². The van der Waals surface area contributed by atoms with E-state index in [9.17, 15) is 0 Å². The number of nitrogens with zero attached hydrogens (tertiary/aromatic N) is 2. The molecule has 0 spiro atoms. The van der Waals surface area contributed by atoms with Gasteiger partial charge in [-0.3, -0.25) is 0 Å². The van der Waals surface area contributed by atoms with E-state index in [4.69, 9.17) is 4.42 Å². The van der Waals surface area contributed by atoms with Gasteiger partial charge in [0.1, 0.15) is 11.5 Å². The molecule has 3 heteroatoms. The van der Waals surface area contributed by atoms with E-state index in [1.165, 1.54) is 104 Å². The van der Waals surface area contributed by atoms with Crippen molar-refractivity contribution in [2.24, 2.45) is 23.7 Å². The van der Waals surface area contributed by atoms with Gasteiger partial charge in [-0.25, -0.2) is 0 Å². The summed E-state index contributed by atoms with van der Waals surface area (Å²) in [6.45, 7) is 7.23. The van der Waals surface area contributed by atoms with Crippen LogP contribution in [0.5, 0.6) is 0 Å². The average molecular weight is 931 g/mol. The molecule has 9 aromatic rings. The Bertz CT molecular complexity index is 3950. The van der Waals surface area contributed by atoms with Crippen molar-refractivity contribution in [3.8, 4) is 0 Å². The van der Waals surface area contributed by atoms with Gasteiger partial charge >= 0.3 is 0 Å². The number of furan rings is 1. The first-order valence-corrected chi connectivity index (χ1v) is 26.7. The molecule has 3 nitrogen and oxygen atoms in total. The molecule has 3 heterocycles. The summed E-state index contributed by atoms with van der Waals surface area (Å²) < 4.78 is 9.31. The monoisotopic (exact) mass is 930 g/mol. The zero-order chi connectivity index (χ0) is 47.8. The van der Waals surface area contributed by atoms with Crippen molar-refractivity contribution in [2.75, 3.05) is 4.90 Å². The zero-order valence-electron chi connectivity index (χ0n) is 41.3. The number of anilines is 2. The van der Waals surface area contributed by atoms with Gasteiger partial charge in [0.25, 0.3) is 0 Å². The van der Waals surface area contributed by atoms with Crippen molar-refractivity contribution in [2.45, 2.75) is 70.4 Å². The number of para-hydroxylation sites is 2. The summed E-state index contributed by atoms with van der Waals surface area (Å²) >= 11 is 0. The molecule has 5 aliphatic carbocycles. The van der Waals surface area contributed by atoms with Crippen LogP contribution in [0.15, 0.2) is 204 Å². The standard InChI is InChI=1S/C69H58N2O/c1-41-24-30-58-57-20-10-13-23-67(57)72-69(58)68(41)47-28-33-62(43(3)37-47)71-64-22-12-9-19-56(64)60-38-45(26-34-66(60)71)44-25-31-49(42(2)36-44)46-27-35-65-61(39-46)55-18-8-11-21-63(55)70(65)48-29-32-54-52-16-5-4-14-50(52)51-15-6-7-17-53(51)59(54)40-48/h4-12,14-22,24-30,32-35,37-43,49,61-62,65,68H,13,23,31,36H2,1-3H3. The predicted molar refractivity (Wildman–Crippen MR) is 303 cm³/mol. The van der Waals surface area contributed by atoms with Gasteiger partial charge in [0.2, 0.25) is 0 Å². The Hall–Kier alpha value is -7.62. The van der Waals surface area contributed by atoms with Crippen molar-refractivity contribution >= 4 is 83.2 Å². The SMILES string of the molecule is CC1C=Cc2c(oc3c2C=CCC3)C1C1=CC(C)C(n2c3ccccc3c3cc(C4=CCC(C5=CC6c7ccccc7N(c7ccc8c9ccccc9c9ccccc9c8c7)C6C=C5)C(C)C4)ccc32)C=C1. The average Bonchev–Trinajstić information content (AvgIpc) is 4.08. The maximum atomic E-state index is 6.70. The molecule has 0 bridgehead atoms. The summed E-state index contributed by atoms with van der Waals surface area (Å²) in [6.07, 6.45) is 31.1. The number of rotatable bonds is 5. The molecule has 0 saturated carbocycles. The van der Waals surface area contributed by atoms with Gasteiger partial charge < -0.3 is 13.9 Å². The number of allylic oxidation sites excluding steroid dienone is 10. The van der Waals surface area contributed by atoms with E-state index in [1.807, 2.05) is 0 Å². The summed E-state index contributed by atoms with van der Waals surface area (Å²) in [7, 11) is 0. The smallest absolute Gasteiger partial charge is 0.120 e. The van der Waals surface area contributed by atoms with Crippen molar-refractivity contribution in [3.05, 3.63) is 233 Å². The molecule has 8 unspecified atom stereocenters. The number of hydrogen-bond acceptors (Lipinski definition) is 2. The predicted octanol–water partition coefficient (Wildman–Crippen LogP) is 18.2. The van der Waals surface area contributed by atoms with E-state index in [0.29, 0.717) is 29.6 Å². The Balaban J connectivity index is 0.715. The molecule has 15 rings (SSSR count). The van der Waals surface area contributed by atoms with Crippen LogP contribution < -0.4 is 4.90 Å². The molecule has 8 atom stereocenters. The van der Waals surface area contributed by atoms with Crippen LogP contribution in [0, 0.1) is 23.7 Å². The molecular formula is C69H58N2O. The lowest BCUT2D eigenvalue weighted by molar-refractivity contribution is 0.410. The van der Waals surface area contributed by atoms with Gasteiger partial charge in [0, 0.05) is 62.6 Å². The number of aryl methyl sites for hydroxylation is 1. The van der Waals surface area contributed by atoms with Crippen LogP contribution in [0.4, 0.5) is 11.4 Å². The largest absolute Gasteiger partial charge is 0.464 e. The highest BCUT2D eigenvalue weighted by Crippen LogP contribution is 2.52.